The molecule has 0 amide bonds. The fourth-order valence-corrected chi connectivity index (χ4v) is 4.78. The summed E-state index contributed by atoms with van der Waals surface area (Å²) in [5.74, 6) is 2.97. The van der Waals surface area contributed by atoms with Crippen molar-refractivity contribution >= 4 is 5.96 Å². The van der Waals surface area contributed by atoms with Gasteiger partial charge in [0.2, 0.25) is 0 Å². The molecular weight excluding hydrogens is 340 g/mol. The largest absolute Gasteiger partial charge is 0.378 e. The van der Waals surface area contributed by atoms with Crippen molar-refractivity contribution in [3.05, 3.63) is 11.6 Å². The summed E-state index contributed by atoms with van der Waals surface area (Å²) in [6.07, 6.45) is 8.35. The Morgan fingerprint density at radius 2 is 2.04 bits per heavy atom. The van der Waals surface area contributed by atoms with Crippen molar-refractivity contribution in [1.29, 1.82) is 0 Å². The van der Waals surface area contributed by atoms with E-state index in [0.29, 0.717) is 18.7 Å². The lowest BCUT2D eigenvalue weighted by molar-refractivity contribution is -0.133. The Hall–Kier alpha value is -1.63. The van der Waals surface area contributed by atoms with Gasteiger partial charge < -0.3 is 19.9 Å². The molecular formula is C20H36N6O. The Balaban J connectivity index is 1.60. The number of rotatable bonds is 7. The molecule has 2 heterocycles. The molecule has 2 aliphatic rings. The first-order valence-electron chi connectivity index (χ1n) is 10.7. The Kier molecular flexibility index (Phi) is 6.73. The van der Waals surface area contributed by atoms with Gasteiger partial charge in [-0.05, 0) is 39.0 Å². The smallest absolute Gasteiger partial charge is 0.191 e. The van der Waals surface area contributed by atoms with Gasteiger partial charge in [-0.2, -0.15) is 0 Å². The highest BCUT2D eigenvalue weighted by molar-refractivity contribution is 5.80. The number of hydrogen-bond donors (Lipinski definition) is 2. The Bertz CT molecular complexity index is 636. The Morgan fingerprint density at radius 1 is 1.22 bits per heavy atom. The van der Waals surface area contributed by atoms with Crippen molar-refractivity contribution in [2.45, 2.75) is 91.0 Å². The van der Waals surface area contributed by atoms with Gasteiger partial charge in [-0.3, -0.25) is 4.99 Å². The van der Waals surface area contributed by atoms with Gasteiger partial charge in [-0.15, -0.1) is 10.2 Å². The number of nitrogens with zero attached hydrogens (tertiary/aromatic N) is 4. The summed E-state index contributed by atoms with van der Waals surface area (Å²) >= 11 is 0. The van der Waals surface area contributed by atoms with Gasteiger partial charge in [-0.25, -0.2) is 0 Å². The molecule has 7 heteroatoms. The van der Waals surface area contributed by atoms with E-state index in [2.05, 4.69) is 51.2 Å². The average molecular weight is 377 g/mol. The first-order chi connectivity index (χ1) is 13.2. The minimum Gasteiger partial charge on any atom is -0.378 e. The summed E-state index contributed by atoms with van der Waals surface area (Å²) in [6.45, 7) is 9.08. The standard InChI is InChI=1S/C20H36N6O/c1-5-20(6-2)15(13-16(20)27-7-3)23-19(21-4)22-14-18-25-24-17-11-9-8-10-12-26(17)18/h15-16H,5-14H2,1-4H3,(H2,21,22,23). The molecule has 1 aliphatic heterocycles. The molecule has 2 N–H and O–H groups in total. The van der Waals surface area contributed by atoms with Crippen LogP contribution in [0.2, 0.25) is 0 Å². The predicted molar refractivity (Wildman–Crippen MR) is 108 cm³/mol. The number of aromatic nitrogens is 3. The zero-order valence-electron chi connectivity index (χ0n) is 17.4. The monoisotopic (exact) mass is 376 g/mol. The first-order valence-corrected chi connectivity index (χ1v) is 10.7. The fourth-order valence-electron chi connectivity index (χ4n) is 4.78. The fraction of sp³-hybridized carbons (Fsp3) is 0.850. The molecule has 1 aromatic heterocycles. The van der Waals surface area contributed by atoms with Crippen LogP contribution in [0.5, 0.6) is 0 Å². The van der Waals surface area contributed by atoms with Crippen molar-refractivity contribution in [2.75, 3.05) is 13.7 Å². The molecule has 152 valence electrons. The van der Waals surface area contributed by atoms with Crippen LogP contribution in [0.1, 0.15) is 70.9 Å². The molecule has 0 spiro atoms. The topological polar surface area (TPSA) is 76.4 Å². The van der Waals surface area contributed by atoms with Crippen LogP contribution in [0.4, 0.5) is 0 Å². The number of aliphatic imine (C=N–C) groups is 1. The second-order valence-electron chi connectivity index (χ2n) is 7.74. The minimum absolute atomic E-state index is 0.194. The molecule has 0 radical (unpaired) electrons. The molecule has 7 nitrogen and oxygen atoms in total. The molecule has 27 heavy (non-hydrogen) atoms. The van der Waals surface area contributed by atoms with E-state index in [1.807, 2.05) is 7.05 Å². The van der Waals surface area contributed by atoms with Crippen molar-refractivity contribution in [3.63, 3.8) is 0 Å². The van der Waals surface area contributed by atoms with Crippen molar-refractivity contribution in [3.8, 4) is 0 Å². The van der Waals surface area contributed by atoms with Crippen LogP contribution in [0.3, 0.4) is 0 Å². The molecule has 0 bridgehead atoms. The van der Waals surface area contributed by atoms with Gasteiger partial charge >= 0.3 is 0 Å². The summed E-state index contributed by atoms with van der Waals surface area (Å²) in [5, 5.41) is 15.9. The third kappa shape index (κ3) is 3.98. The van der Waals surface area contributed by atoms with E-state index in [4.69, 9.17) is 4.74 Å². The Labute approximate surface area is 163 Å². The predicted octanol–water partition coefficient (Wildman–Crippen LogP) is 2.65. The maximum Gasteiger partial charge on any atom is 0.191 e. The van der Waals surface area contributed by atoms with Crippen LogP contribution in [0, 0.1) is 5.41 Å². The van der Waals surface area contributed by atoms with E-state index in [-0.39, 0.29) is 5.41 Å². The Morgan fingerprint density at radius 3 is 2.74 bits per heavy atom. The highest BCUT2D eigenvalue weighted by Crippen LogP contribution is 2.48. The van der Waals surface area contributed by atoms with Gasteiger partial charge in [0, 0.05) is 38.1 Å². The number of aryl methyl sites for hydroxylation is 1. The van der Waals surface area contributed by atoms with Crippen LogP contribution in [-0.4, -0.2) is 46.5 Å². The highest BCUT2D eigenvalue weighted by atomic mass is 16.5. The SMILES string of the molecule is CCOC1CC(NC(=NC)NCc2nnc3n2CCCCC3)C1(CC)CC. The van der Waals surface area contributed by atoms with E-state index < -0.39 is 0 Å². The van der Waals surface area contributed by atoms with Gasteiger partial charge in [0.25, 0.3) is 0 Å². The third-order valence-corrected chi connectivity index (χ3v) is 6.60. The van der Waals surface area contributed by atoms with E-state index in [1.165, 1.54) is 19.3 Å². The number of ether oxygens (including phenoxy) is 1. The van der Waals surface area contributed by atoms with Crippen LogP contribution in [0.15, 0.2) is 4.99 Å². The normalized spacial score (nSPS) is 24.7. The zero-order chi connectivity index (χ0) is 19.3. The maximum atomic E-state index is 5.99. The summed E-state index contributed by atoms with van der Waals surface area (Å²) in [4.78, 5) is 4.44. The molecule has 1 fully saturated rings. The molecule has 1 aliphatic carbocycles. The molecule has 2 atom stereocenters. The zero-order valence-corrected chi connectivity index (χ0v) is 17.4. The summed E-state index contributed by atoms with van der Waals surface area (Å²) in [7, 11) is 1.83. The average Bonchev–Trinajstić information content (AvgIpc) is 2.91. The van der Waals surface area contributed by atoms with Crippen LogP contribution >= 0.6 is 0 Å². The lowest BCUT2D eigenvalue weighted by atomic mass is 9.58. The number of guanidine groups is 1. The summed E-state index contributed by atoms with van der Waals surface area (Å²) in [5.41, 5.74) is 0.194. The second kappa shape index (κ2) is 9.04. The highest BCUT2D eigenvalue weighted by Gasteiger charge is 2.53. The molecule has 0 saturated heterocycles. The van der Waals surface area contributed by atoms with E-state index in [9.17, 15) is 0 Å². The maximum absolute atomic E-state index is 5.99. The summed E-state index contributed by atoms with van der Waals surface area (Å²) < 4.78 is 8.27. The van der Waals surface area contributed by atoms with Gasteiger partial charge in [0.05, 0.1) is 12.6 Å². The van der Waals surface area contributed by atoms with Gasteiger partial charge in [0.1, 0.15) is 5.82 Å². The van der Waals surface area contributed by atoms with Crippen molar-refractivity contribution < 1.29 is 4.74 Å². The third-order valence-electron chi connectivity index (χ3n) is 6.60. The van der Waals surface area contributed by atoms with E-state index in [1.54, 1.807) is 0 Å². The van der Waals surface area contributed by atoms with Crippen molar-refractivity contribution in [2.24, 2.45) is 10.4 Å². The lowest BCUT2D eigenvalue weighted by Crippen LogP contribution is -2.65. The lowest BCUT2D eigenvalue weighted by Gasteiger charge is -2.55. The number of nitrogens with one attached hydrogen (secondary N) is 2. The minimum atomic E-state index is 0.194. The van der Waals surface area contributed by atoms with E-state index >= 15 is 0 Å². The molecule has 0 aromatic carbocycles. The number of fused-ring (bicyclic) bond motifs is 1. The van der Waals surface area contributed by atoms with Crippen molar-refractivity contribution in [1.82, 2.24) is 25.4 Å². The summed E-state index contributed by atoms with van der Waals surface area (Å²) in [6, 6.07) is 0.394. The quantitative estimate of drug-likeness (QED) is 0.565. The van der Waals surface area contributed by atoms with Gasteiger partial charge in [-0.1, -0.05) is 20.3 Å². The molecule has 3 rings (SSSR count). The van der Waals surface area contributed by atoms with Gasteiger partial charge in [0.15, 0.2) is 11.8 Å². The molecule has 1 aromatic rings. The molecule has 1 saturated carbocycles. The first kappa shape index (κ1) is 20.1. The number of hydrogen-bond acceptors (Lipinski definition) is 4. The van der Waals surface area contributed by atoms with Crippen LogP contribution < -0.4 is 10.6 Å². The van der Waals surface area contributed by atoms with E-state index in [0.717, 1.165) is 56.4 Å². The van der Waals surface area contributed by atoms with Crippen LogP contribution in [-0.2, 0) is 24.2 Å². The second-order valence-corrected chi connectivity index (χ2v) is 7.74. The van der Waals surface area contributed by atoms with Crippen LogP contribution in [0.25, 0.3) is 0 Å². The molecule has 2 unspecified atom stereocenters.